The van der Waals surface area contributed by atoms with Crippen LogP contribution in [-0.2, 0) is 6.18 Å². The van der Waals surface area contributed by atoms with E-state index in [4.69, 9.17) is 0 Å². The molecule has 1 unspecified atom stereocenters. The van der Waals surface area contributed by atoms with Gasteiger partial charge in [0, 0.05) is 0 Å². The highest BCUT2D eigenvalue weighted by Gasteiger charge is 2.33. The van der Waals surface area contributed by atoms with E-state index in [-0.39, 0.29) is 11.5 Å². The normalized spacial score (nSPS) is 19.4. The van der Waals surface area contributed by atoms with Crippen LogP contribution in [0.3, 0.4) is 0 Å². The van der Waals surface area contributed by atoms with Gasteiger partial charge in [0.1, 0.15) is 5.82 Å². The molecule has 1 fully saturated rings. The molecule has 2 rings (SSSR count). The van der Waals surface area contributed by atoms with Gasteiger partial charge in [-0.1, -0.05) is 19.3 Å². The maximum absolute atomic E-state index is 13.3. The molecule has 1 nitrogen and oxygen atoms in total. The third-order valence-corrected chi connectivity index (χ3v) is 3.69. The molecule has 0 spiro atoms. The lowest BCUT2D eigenvalue weighted by atomic mass is 9.82. The van der Waals surface area contributed by atoms with E-state index in [2.05, 4.69) is 0 Å². The Hall–Kier alpha value is -1.10. The van der Waals surface area contributed by atoms with E-state index in [9.17, 15) is 22.7 Å². The zero-order chi connectivity index (χ0) is 14.0. The molecule has 1 N–H and O–H groups in total. The second-order valence-corrected chi connectivity index (χ2v) is 5.11. The number of hydrogen-bond acceptors (Lipinski definition) is 1. The molecule has 0 saturated heterocycles. The molecule has 1 aromatic rings. The van der Waals surface area contributed by atoms with Crippen molar-refractivity contribution in [2.45, 2.75) is 44.4 Å². The molecule has 0 radical (unpaired) electrons. The Morgan fingerprint density at radius 2 is 1.68 bits per heavy atom. The molecule has 106 valence electrons. The van der Waals surface area contributed by atoms with Crippen LogP contribution in [0.5, 0.6) is 0 Å². The van der Waals surface area contributed by atoms with E-state index in [1.165, 1.54) is 0 Å². The molecule has 5 heteroatoms. The molecule has 0 aliphatic heterocycles. The van der Waals surface area contributed by atoms with Gasteiger partial charge in [-0.15, -0.1) is 0 Å². The fourth-order valence-electron chi connectivity index (χ4n) is 2.67. The molecule has 1 aliphatic rings. The van der Waals surface area contributed by atoms with Crippen molar-refractivity contribution in [3.8, 4) is 0 Å². The van der Waals surface area contributed by atoms with Crippen molar-refractivity contribution in [3.05, 3.63) is 35.1 Å². The summed E-state index contributed by atoms with van der Waals surface area (Å²) in [5, 5.41) is 10.1. The Morgan fingerprint density at radius 3 is 2.26 bits per heavy atom. The largest absolute Gasteiger partial charge is 0.416 e. The fourth-order valence-corrected chi connectivity index (χ4v) is 2.67. The van der Waals surface area contributed by atoms with Crippen LogP contribution in [0, 0.1) is 11.7 Å². The third-order valence-electron chi connectivity index (χ3n) is 3.69. The van der Waals surface area contributed by atoms with Crippen molar-refractivity contribution in [1.29, 1.82) is 0 Å². The molecule has 0 aromatic heterocycles. The van der Waals surface area contributed by atoms with Gasteiger partial charge < -0.3 is 5.11 Å². The number of halogens is 4. The molecule has 0 heterocycles. The van der Waals surface area contributed by atoms with Gasteiger partial charge >= 0.3 is 6.18 Å². The Balaban J connectivity index is 2.26. The number of aliphatic hydroxyl groups is 1. The summed E-state index contributed by atoms with van der Waals surface area (Å²) >= 11 is 0. The predicted molar refractivity (Wildman–Crippen MR) is 62.9 cm³/mol. The SMILES string of the molecule is OC(c1cc(F)cc(C(F)(F)F)c1)C1CCCCC1. The Morgan fingerprint density at radius 1 is 1.05 bits per heavy atom. The van der Waals surface area contributed by atoms with Crippen molar-refractivity contribution in [3.63, 3.8) is 0 Å². The van der Waals surface area contributed by atoms with Crippen LogP contribution in [0.2, 0.25) is 0 Å². The number of benzene rings is 1. The second-order valence-electron chi connectivity index (χ2n) is 5.11. The van der Waals surface area contributed by atoms with Gasteiger partial charge in [0.2, 0.25) is 0 Å². The summed E-state index contributed by atoms with van der Waals surface area (Å²) in [7, 11) is 0. The molecular formula is C14H16F4O. The Kier molecular flexibility index (Phi) is 4.13. The highest BCUT2D eigenvalue weighted by Crippen LogP contribution is 2.37. The highest BCUT2D eigenvalue weighted by molar-refractivity contribution is 5.28. The fraction of sp³-hybridized carbons (Fsp3) is 0.571. The molecule has 0 bridgehead atoms. The number of rotatable bonds is 2. The van der Waals surface area contributed by atoms with Crippen LogP contribution in [0.15, 0.2) is 18.2 Å². The van der Waals surface area contributed by atoms with Gasteiger partial charge in [-0.3, -0.25) is 0 Å². The van der Waals surface area contributed by atoms with E-state index in [0.717, 1.165) is 44.2 Å². The summed E-state index contributed by atoms with van der Waals surface area (Å²) in [4.78, 5) is 0. The number of aliphatic hydroxyl groups excluding tert-OH is 1. The van der Waals surface area contributed by atoms with E-state index in [1.54, 1.807) is 0 Å². The highest BCUT2D eigenvalue weighted by atomic mass is 19.4. The first-order chi connectivity index (χ1) is 8.88. The zero-order valence-electron chi connectivity index (χ0n) is 10.4. The van der Waals surface area contributed by atoms with E-state index in [1.807, 2.05) is 0 Å². The summed E-state index contributed by atoms with van der Waals surface area (Å²) in [5.41, 5.74) is -1.02. The molecule has 1 aromatic carbocycles. The van der Waals surface area contributed by atoms with Crippen LogP contribution in [0.25, 0.3) is 0 Å². The van der Waals surface area contributed by atoms with Crippen LogP contribution in [-0.4, -0.2) is 5.11 Å². The van der Waals surface area contributed by atoms with Gasteiger partial charge in [-0.2, -0.15) is 13.2 Å². The third kappa shape index (κ3) is 3.47. The van der Waals surface area contributed by atoms with E-state index >= 15 is 0 Å². The lowest BCUT2D eigenvalue weighted by Crippen LogP contribution is -2.17. The van der Waals surface area contributed by atoms with Gasteiger partial charge in [-0.25, -0.2) is 4.39 Å². The maximum Gasteiger partial charge on any atom is 0.416 e. The van der Waals surface area contributed by atoms with Crippen LogP contribution in [0.4, 0.5) is 17.6 Å². The van der Waals surface area contributed by atoms with Crippen molar-refractivity contribution < 1.29 is 22.7 Å². The van der Waals surface area contributed by atoms with Crippen LogP contribution >= 0.6 is 0 Å². The molecule has 0 amide bonds. The number of alkyl halides is 3. The van der Waals surface area contributed by atoms with Gasteiger partial charge in [0.15, 0.2) is 0 Å². The minimum atomic E-state index is -4.59. The van der Waals surface area contributed by atoms with Crippen molar-refractivity contribution in [2.24, 2.45) is 5.92 Å². The first-order valence-corrected chi connectivity index (χ1v) is 6.43. The topological polar surface area (TPSA) is 20.2 Å². The minimum absolute atomic E-state index is 0.0271. The quantitative estimate of drug-likeness (QED) is 0.791. The summed E-state index contributed by atoms with van der Waals surface area (Å²) in [6, 6.07) is 2.30. The Bertz CT molecular complexity index is 436. The smallest absolute Gasteiger partial charge is 0.388 e. The van der Waals surface area contributed by atoms with Crippen molar-refractivity contribution >= 4 is 0 Å². The molecule has 1 atom stereocenters. The maximum atomic E-state index is 13.3. The van der Waals surface area contributed by atoms with E-state index < -0.39 is 23.7 Å². The molecule has 1 aliphatic carbocycles. The standard InChI is InChI=1S/C14H16F4O/c15-12-7-10(6-11(8-12)14(16,17)18)13(19)9-4-2-1-3-5-9/h6-9,13,19H,1-5H2. The van der Waals surface area contributed by atoms with Crippen LogP contribution in [0.1, 0.15) is 49.3 Å². The summed E-state index contributed by atoms with van der Waals surface area (Å²) in [5.74, 6) is -1.03. The predicted octanol–water partition coefficient (Wildman–Crippen LogP) is 4.46. The van der Waals surface area contributed by atoms with Gasteiger partial charge in [0.25, 0.3) is 0 Å². The zero-order valence-corrected chi connectivity index (χ0v) is 10.4. The average molecular weight is 276 g/mol. The monoisotopic (exact) mass is 276 g/mol. The first-order valence-electron chi connectivity index (χ1n) is 6.43. The first kappa shape index (κ1) is 14.3. The molecular weight excluding hydrogens is 260 g/mol. The molecule has 1 saturated carbocycles. The lowest BCUT2D eigenvalue weighted by Gasteiger charge is -2.27. The summed E-state index contributed by atoms with van der Waals surface area (Å²) < 4.78 is 51.1. The second kappa shape index (κ2) is 5.49. The van der Waals surface area contributed by atoms with Crippen molar-refractivity contribution in [1.82, 2.24) is 0 Å². The van der Waals surface area contributed by atoms with Gasteiger partial charge in [-0.05, 0) is 42.5 Å². The minimum Gasteiger partial charge on any atom is -0.388 e. The average Bonchev–Trinajstić information content (AvgIpc) is 2.37. The number of hydrogen-bond donors (Lipinski definition) is 1. The van der Waals surface area contributed by atoms with E-state index in [0.29, 0.717) is 6.07 Å². The summed E-state index contributed by atoms with van der Waals surface area (Å²) in [6.45, 7) is 0. The lowest BCUT2D eigenvalue weighted by molar-refractivity contribution is -0.137. The molecule has 19 heavy (non-hydrogen) atoms. The summed E-state index contributed by atoms with van der Waals surface area (Å²) in [6.07, 6.45) is -1.05. The van der Waals surface area contributed by atoms with Crippen LogP contribution < -0.4 is 0 Å². The van der Waals surface area contributed by atoms with Crippen molar-refractivity contribution in [2.75, 3.05) is 0 Å². The Labute approximate surface area is 109 Å². The van der Waals surface area contributed by atoms with Gasteiger partial charge in [0.05, 0.1) is 11.7 Å².